The Labute approximate surface area is 91.9 Å². The van der Waals surface area contributed by atoms with Gasteiger partial charge in [-0.05, 0) is 30.9 Å². The molecule has 0 amide bonds. The fourth-order valence-corrected chi connectivity index (χ4v) is 3.62. The van der Waals surface area contributed by atoms with E-state index in [1.165, 1.54) is 37.8 Å². The number of para-hydroxylation sites is 1. The summed E-state index contributed by atoms with van der Waals surface area (Å²) in [6.07, 6.45) is 6.80. The van der Waals surface area contributed by atoms with E-state index in [4.69, 9.17) is 0 Å². The fraction of sp³-hybridized carbons (Fsp3) is 0.571. The highest BCUT2D eigenvalue weighted by atomic mass is 15.0. The molecule has 1 heteroatoms. The predicted octanol–water partition coefficient (Wildman–Crippen LogP) is 3.70. The zero-order valence-corrected chi connectivity index (χ0v) is 9.42. The average molecular weight is 201 g/mol. The van der Waals surface area contributed by atoms with Gasteiger partial charge in [0.15, 0.2) is 0 Å². The number of fused-ring (bicyclic) bond motifs is 3. The first-order valence-corrected chi connectivity index (χ1v) is 6.23. The molecule has 0 radical (unpaired) electrons. The highest BCUT2D eigenvalue weighted by molar-refractivity contribution is 5.62. The number of benzene rings is 1. The lowest BCUT2D eigenvalue weighted by molar-refractivity contribution is 0.271. The monoisotopic (exact) mass is 201 g/mol. The summed E-state index contributed by atoms with van der Waals surface area (Å²) >= 11 is 0. The van der Waals surface area contributed by atoms with Crippen molar-refractivity contribution in [3.63, 3.8) is 0 Å². The molecule has 0 bridgehead atoms. The van der Waals surface area contributed by atoms with Crippen LogP contribution in [0.25, 0.3) is 0 Å². The maximum Gasteiger partial charge on any atom is 0.0381 e. The van der Waals surface area contributed by atoms with Crippen LogP contribution in [0, 0.1) is 0 Å². The topological polar surface area (TPSA) is 12.0 Å². The van der Waals surface area contributed by atoms with Crippen LogP contribution in [0.1, 0.15) is 44.6 Å². The molecular formula is C14H19N. The minimum Gasteiger partial charge on any atom is -0.381 e. The van der Waals surface area contributed by atoms with E-state index in [0.717, 1.165) is 0 Å². The normalized spacial score (nSPS) is 33.0. The quantitative estimate of drug-likeness (QED) is 0.730. The van der Waals surface area contributed by atoms with E-state index < -0.39 is 0 Å². The Balaban J connectivity index is 2.11. The highest BCUT2D eigenvalue weighted by Crippen LogP contribution is 2.50. The molecule has 0 saturated heterocycles. The van der Waals surface area contributed by atoms with Crippen LogP contribution in [-0.2, 0) is 5.41 Å². The van der Waals surface area contributed by atoms with Gasteiger partial charge in [-0.1, -0.05) is 38.0 Å². The van der Waals surface area contributed by atoms with Crippen molar-refractivity contribution in [3.05, 3.63) is 29.8 Å². The first-order valence-electron chi connectivity index (χ1n) is 6.23. The van der Waals surface area contributed by atoms with E-state index in [9.17, 15) is 0 Å². The fourth-order valence-electron chi connectivity index (χ4n) is 3.62. The molecule has 0 aromatic heterocycles. The lowest BCUT2D eigenvalue weighted by Gasteiger charge is -2.39. The second-order valence-corrected chi connectivity index (χ2v) is 5.00. The minimum atomic E-state index is 0.453. The molecule has 1 fully saturated rings. The van der Waals surface area contributed by atoms with E-state index >= 15 is 0 Å². The van der Waals surface area contributed by atoms with Crippen LogP contribution in [0.2, 0.25) is 0 Å². The average Bonchev–Trinajstić information content (AvgIpc) is 2.64. The van der Waals surface area contributed by atoms with E-state index in [-0.39, 0.29) is 0 Å². The van der Waals surface area contributed by atoms with Crippen LogP contribution in [0.3, 0.4) is 0 Å². The van der Waals surface area contributed by atoms with Gasteiger partial charge in [-0.15, -0.1) is 0 Å². The van der Waals surface area contributed by atoms with Gasteiger partial charge in [0.25, 0.3) is 0 Å². The Morgan fingerprint density at radius 3 is 3.07 bits per heavy atom. The standard InChI is InChI=1S/C14H19N/c1-2-14-10-6-5-9-13(14)15-12-8-4-3-7-11(12)14/h3-4,7-8,13,15H,2,5-6,9-10H2,1H3. The van der Waals surface area contributed by atoms with Gasteiger partial charge >= 0.3 is 0 Å². The van der Waals surface area contributed by atoms with E-state index in [2.05, 4.69) is 36.5 Å². The van der Waals surface area contributed by atoms with Crippen molar-refractivity contribution in [2.24, 2.45) is 0 Å². The maximum absolute atomic E-state index is 3.73. The van der Waals surface area contributed by atoms with Gasteiger partial charge in [-0.25, -0.2) is 0 Å². The number of hydrogen-bond acceptors (Lipinski definition) is 1. The molecular weight excluding hydrogens is 182 g/mol. The van der Waals surface area contributed by atoms with Gasteiger partial charge in [-0.2, -0.15) is 0 Å². The number of nitrogens with one attached hydrogen (secondary N) is 1. The van der Waals surface area contributed by atoms with Crippen molar-refractivity contribution in [2.45, 2.75) is 50.5 Å². The Hall–Kier alpha value is -0.980. The molecule has 1 N–H and O–H groups in total. The van der Waals surface area contributed by atoms with Gasteiger partial charge < -0.3 is 5.32 Å². The molecule has 0 spiro atoms. The first-order chi connectivity index (χ1) is 7.37. The molecule has 1 aromatic rings. The number of rotatable bonds is 1. The maximum atomic E-state index is 3.73. The lowest BCUT2D eigenvalue weighted by Crippen LogP contribution is -2.41. The van der Waals surface area contributed by atoms with Crippen molar-refractivity contribution in [3.8, 4) is 0 Å². The van der Waals surface area contributed by atoms with E-state index in [0.29, 0.717) is 11.5 Å². The van der Waals surface area contributed by atoms with Crippen LogP contribution < -0.4 is 5.32 Å². The molecule has 2 aliphatic rings. The molecule has 2 unspecified atom stereocenters. The number of hydrogen-bond donors (Lipinski definition) is 1. The number of anilines is 1. The molecule has 1 aliphatic carbocycles. The van der Waals surface area contributed by atoms with Gasteiger partial charge in [-0.3, -0.25) is 0 Å². The summed E-state index contributed by atoms with van der Waals surface area (Å²) in [5.74, 6) is 0. The Morgan fingerprint density at radius 2 is 2.20 bits per heavy atom. The zero-order valence-electron chi connectivity index (χ0n) is 9.42. The van der Waals surface area contributed by atoms with Crippen molar-refractivity contribution in [1.82, 2.24) is 0 Å². The Kier molecular flexibility index (Phi) is 2.01. The summed E-state index contributed by atoms with van der Waals surface area (Å²) < 4.78 is 0. The van der Waals surface area contributed by atoms with Crippen molar-refractivity contribution < 1.29 is 0 Å². The van der Waals surface area contributed by atoms with Crippen LogP contribution in [0.5, 0.6) is 0 Å². The third-order valence-electron chi connectivity index (χ3n) is 4.46. The molecule has 1 saturated carbocycles. The summed E-state index contributed by atoms with van der Waals surface area (Å²) in [5, 5.41) is 3.73. The van der Waals surface area contributed by atoms with Crippen LogP contribution in [-0.4, -0.2) is 6.04 Å². The van der Waals surface area contributed by atoms with Crippen LogP contribution in [0.15, 0.2) is 24.3 Å². The first kappa shape index (κ1) is 9.26. The predicted molar refractivity (Wildman–Crippen MR) is 64.3 cm³/mol. The second kappa shape index (κ2) is 3.26. The van der Waals surface area contributed by atoms with Crippen molar-refractivity contribution >= 4 is 5.69 Å². The second-order valence-electron chi connectivity index (χ2n) is 5.00. The van der Waals surface area contributed by atoms with Gasteiger partial charge in [0, 0.05) is 17.1 Å². The highest BCUT2D eigenvalue weighted by Gasteiger charge is 2.46. The van der Waals surface area contributed by atoms with Crippen LogP contribution in [0.4, 0.5) is 5.69 Å². The molecule has 1 heterocycles. The van der Waals surface area contributed by atoms with E-state index in [1.54, 1.807) is 5.56 Å². The Morgan fingerprint density at radius 1 is 1.33 bits per heavy atom. The van der Waals surface area contributed by atoms with Gasteiger partial charge in [0.1, 0.15) is 0 Å². The third-order valence-corrected chi connectivity index (χ3v) is 4.46. The summed E-state index contributed by atoms with van der Waals surface area (Å²) in [6.45, 7) is 2.35. The molecule has 3 rings (SSSR count). The minimum absolute atomic E-state index is 0.453. The molecule has 1 aromatic carbocycles. The van der Waals surface area contributed by atoms with Gasteiger partial charge in [0.2, 0.25) is 0 Å². The molecule has 80 valence electrons. The molecule has 15 heavy (non-hydrogen) atoms. The third kappa shape index (κ3) is 1.15. The Bertz CT molecular complexity index is 371. The summed E-state index contributed by atoms with van der Waals surface area (Å²) in [6, 6.07) is 9.61. The summed E-state index contributed by atoms with van der Waals surface area (Å²) in [7, 11) is 0. The summed E-state index contributed by atoms with van der Waals surface area (Å²) in [4.78, 5) is 0. The van der Waals surface area contributed by atoms with Gasteiger partial charge in [0.05, 0.1) is 0 Å². The summed E-state index contributed by atoms with van der Waals surface area (Å²) in [5.41, 5.74) is 3.43. The molecule has 1 aliphatic heterocycles. The van der Waals surface area contributed by atoms with E-state index in [1.807, 2.05) is 0 Å². The SMILES string of the molecule is CCC12CCCCC1Nc1ccccc12. The largest absolute Gasteiger partial charge is 0.381 e. The lowest BCUT2D eigenvalue weighted by atomic mass is 9.66. The van der Waals surface area contributed by atoms with Crippen molar-refractivity contribution in [2.75, 3.05) is 5.32 Å². The molecule has 2 atom stereocenters. The smallest absolute Gasteiger partial charge is 0.0381 e. The van der Waals surface area contributed by atoms with Crippen LogP contribution >= 0.6 is 0 Å². The molecule has 1 nitrogen and oxygen atoms in total. The van der Waals surface area contributed by atoms with Crippen molar-refractivity contribution in [1.29, 1.82) is 0 Å². The zero-order chi connectivity index (χ0) is 10.3.